The number of rotatable bonds is 11. The van der Waals surface area contributed by atoms with Crippen LogP contribution >= 0.6 is 0 Å². The molecule has 0 aliphatic heterocycles. The molecular formula is C18H27FO2. The monoisotopic (exact) mass is 294 g/mol. The molecule has 0 unspecified atom stereocenters. The molecule has 0 heterocycles. The molecule has 1 aromatic rings. The highest BCUT2D eigenvalue weighted by atomic mass is 19.1. The van der Waals surface area contributed by atoms with Gasteiger partial charge in [-0.05, 0) is 24.6 Å². The second-order valence-electron chi connectivity index (χ2n) is 5.66. The number of phenols is 1. The van der Waals surface area contributed by atoms with Crippen LogP contribution in [-0.2, 0) is 0 Å². The van der Waals surface area contributed by atoms with Gasteiger partial charge in [-0.15, -0.1) is 0 Å². The van der Waals surface area contributed by atoms with E-state index >= 15 is 0 Å². The average molecular weight is 294 g/mol. The number of phenolic OH excluding ortho intramolecular Hbond substituents is 1. The van der Waals surface area contributed by atoms with Crippen molar-refractivity contribution < 1.29 is 14.3 Å². The summed E-state index contributed by atoms with van der Waals surface area (Å²) < 4.78 is 13.1. The van der Waals surface area contributed by atoms with Gasteiger partial charge in [-0.2, -0.15) is 0 Å². The van der Waals surface area contributed by atoms with Gasteiger partial charge in [0, 0.05) is 6.42 Å². The number of benzene rings is 1. The van der Waals surface area contributed by atoms with Gasteiger partial charge in [0.15, 0.2) is 5.78 Å². The van der Waals surface area contributed by atoms with E-state index in [0.717, 1.165) is 31.4 Å². The number of unbranched alkanes of at least 4 members (excludes halogenated alkanes) is 8. The Morgan fingerprint density at radius 2 is 1.57 bits per heavy atom. The second kappa shape index (κ2) is 10.4. The number of Topliss-reactive ketones (excluding diaryl/α,β-unsaturated/α-hetero) is 1. The lowest BCUT2D eigenvalue weighted by atomic mass is 10.0. The maximum atomic E-state index is 13.1. The van der Waals surface area contributed by atoms with Crippen LogP contribution in [0, 0.1) is 5.82 Å². The van der Waals surface area contributed by atoms with Crippen LogP contribution < -0.4 is 0 Å². The minimum absolute atomic E-state index is 0.106. The van der Waals surface area contributed by atoms with Crippen LogP contribution in [-0.4, -0.2) is 10.9 Å². The molecular weight excluding hydrogens is 267 g/mol. The zero-order chi connectivity index (χ0) is 15.5. The number of halogens is 1. The number of hydrogen-bond acceptors (Lipinski definition) is 2. The molecule has 1 aromatic carbocycles. The highest BCUT2D eigenvalue weighted by Crippen LogP contribution is 2.21. The van der Waals surface area contributed by atoms with Crippen molar-refractivity contribution >= 4 is 5.78 Å². The standard InChI is InChI=1S/C18H27FO2/c1-2-3-4-5-6-7-8-9-10-11-17(20)16-14-15(19)12-13-18(16)21/h12-14,21H,2-11H2,1H3. The number of carbonyl (C=O) groups excluding carboxylic acids is 1. The van der Waals surface area contributed by atoms with Crippen molar-refractivity contribution in [1.29, 1.82) is 0 Å². The maximum Gasteiger partial charge on any atom is 0.166 e. The smallest absolute Gasteiger partial charge is 0.166 e. The SMILES string of the molecule is CCCCCCCCCCCC(=O)c1cc(F)ccc1O. The summed E-state index contributed by atoms with van der Waals surface area (Å²) in [5, 5.41) is 9.56. The van der Waals surface area contributed by atoms with E-state index in [4.69, 9.17) is 0 Å². The predicted octanol–water partition coefficient (Wildman–Crippen LogP) is 5.63. The zero-order valence-corrected chi connectivity index (χ0v) is 13.0. The van der Waals surface area contributed by atoms with Crippen molar-refractivity contribution in [2.75, 3.05) is 0 Å². The van der Waals surface area contributed by atoms with Crippen molar-refractivity contribution in [2.45, 2.75) is 71.1 Å². The van der Waals surface area contributed by atoms with Crippen molar-refractivity contribution in [3.8, 4) is 5.75 Å². The first kappa shape index (κ1) is 17.7. The molecule has 0 aromatic heterocycles. The summed E-state index contributed by atoms with van der Waals surface area (Å²) in [6, 6.07) is 3.51. The lowest BCUT2D eigenvalue weighted by molar-refractivity contribution is 0.0976. The van der Waals surface area contributed by atoms with Gasteiger partial charge in [-0.25, -0.2) is 4.39 Å². The van der Waals surface area contributed by atoms with Crippen LogP contribution in [0.5, 0.6) is 5.75 Å². The van der Waals surface area contributed by atoms with Gasteiger partial charge in [0.05, 0.1) is 5.56 Å². The third-order valence-electron chi connectivity index (χ3n) is 3.77. The van der Waals surface area contributed by atoms with Gasteiger partial charge in [0.1, 0.15) is 11.6 Å². The highest BCUT2D eigenvalue weighted by molar-refractivity contribution is 5.98. The Labute approximate surface area is 127 Å². The molecule has 0 radical (unpaired) electrons. The van der Waals surface area contributed by atoms with Crippen LogP contribution in [0.2, 0.25) is 0 Å². The molecule has 0 aliphatic rings. The Morgan fingerprint density at radius 1 is 1.00 bits per heavy atom. The third-order valence-corrected chi connectivity index (χ3v) is 3.77. The van der Waals surface area contributed by atoms with E-state index in [1.807, 2.05) is 0 Å². The first-order valence-corrected chi connectivity index (χ1v) is 8.17. The fourth-order valence-electron chi connectivity index (χ4n) is 2.46. The molecule has 3 heteroatoms. The van der Waals surface area contributed by atoms with Crippen LogP contribution in [0.25, 0.3) is 0 Å². The van der Waals surface area contributed by atoms with Gasteiger partial charge in [0.2, 0.25) is 0 Å². The van der Waals surface area contributed by atoms with Crippen LogP contribution in [0.15, 0.2) is 18.2 Å². The topological polar surface area (TPSA) is 37.3 Å². The minimum atomic E-state index is -0.483. The molecule has 1 rings (SSSR count). The Bertz CT molecular complexity index is 429. The highest BCUT2D eigenvalue weighted by Gasteiger charge is 2.11. The summed E-state index contributed by atoms with van der Waals surface area (Å²) in [6.07, 6.45) is 11.1. The molecule has 0 atom stereocenters. The predicted molar refractivity (Wildman–Crippen MR) is 84.2 cm³/mol. The Kier molecular flexibility index (Phi) is 8.72. The molecule has 0 saturated carbocycles. The van der Waals surface area contributed by atoms with Crippen molar-refractivity contribution in [2.24, 2.45) is 0 Å². The Balaban J connectivity index is 2.12. The largest absolute Gasteiger partial charge is 0.507 e. The van der Waals surface area contributed by atoms with Gasteiger partial charge in [0.25, 0.3) is 0 Å². The number of ketones is 1. The fraction of sp³-hybridized carbons (Fsp3) is 0.611. The fourth-order valence-corrected chi connectivity index (χ4v) is 2.46. The van der Waals surface area contributed by atoms with E-state index in [0.29, 0.717) is 6.42 Å². The third kappa shape index (κ3) is 7.26. The van der Waals surface area contributed by atoms with E-state index in [-0.39, 0.29) is 17.1 Å². The first-order chi connectivity index (χ1) is 10.1. The van der Waals surface area contributed by atoms with Crippen molar-refractivity contribution in [1.82, 2.24) is 0 Å². The van der Waals surface area contributed by atoms with Gasteiger partial charge < -0.3 is 5.11 Å². The molecule has 0 saturated heterocycles. The van der Waals surface area contributed by atoms with Gasteiger partial charge in [-0.1, -0.05) is 58.3 Å². The van der Waals surface area contributed by atoms with E-state index in [1.165, 1.54) is 44.6 Å². The number of hydrogen-bond donors (Lipinski definition) is 1. The van der Waals surface area contributed by atoms with Crippen LogP contribution in [0.3, 0.4) is 0 Å². The van der Waals surface area contributed by atoms with Crippen molar-refractivity contribution in [3.05, 3.63) is 29.6 Å². The molecule has 0 spiro atoms. The lowest BCUT2D eigenvalue weighted by Gasteiger charge is -2.04. The molecule has 0 amide bonds. The summed E-state index contributed by atoms with van der Waals surface area (Å²) in [6.45, 7) is 2.22. The Hall–Kier alpha value is -1.38. The maximum absolute atomic E-state index is 13.1. The van der Waals surface area contributed by atoms with Gasteiger partial charge >= 0.3 is 0 Å². The summed E-state index contributed by atoms with van der Waals surface area (Å²) >= 11 is 0. The van der Waals surface area contributed by atoms with E-state index in [2.05, 4.69) is 6.92 Å². The molecule has 0 fully saturated rings. The van der Waals surface area contributed by atoms with Crippen LogP contribution in [0.4, 0.5) is 4.39 Å². The quantitative estimate of drug-likeness (QED) is 0.424. The summed E-state index contributed by atoms with van der Waals surface area (Å²) in [4.78, 5) is 11.9. The summed E-state index contributed by atoms with van der Waals surface area (Å²) in [7, 11) is 0. The summed E-state index contributed by atoms with van der Waals surface area (Å²) in [5.74, 6) is -0.782. The summed E-state index contributed by atoms with van der Waals surface area (Å²) in [5.41, 5.74) is 0.106. The minimum Gasteiger partial charge on any atom is -0.507 e. The lowest BCUT2D eigenvalue weighted by Crippen LogP contribution is -2.00. The van der Waals surface area contributed by atoms with E-state index < -0.39 is 5.82 Å². The molecule has 1 N–H and O–H groups in total. The van der Waals surface area contributed by atoms with E-state index in [9.17, 15) is 14.3 Å². The van der Waals surface area contributed by atoms with E-state index in [1.54, 1.807) is 0 Å². The normalized spacial score (nSPS) is 10.8. The molecule has 2 nitrogen and oxygen atoms in total. The Morgan fingerprint density at radius 3 is 2.19 bits per heavy atom. The van der Waals surface area contributed by atoms with Crippen molar-refractivity contribution in [3.63, 3.8) is 0 Å². The van der Waals surface area contributed by atoms with Crippen LogP contribution in [0.1, 0.15) is 81.5 Å². The van der Waals surface area contributed by atoms with Gasteiger partial charge in [-0.3, -0.25) is 4.79 Å². The molecule has 0 bridgehead atoms. The number of carbonyl (C=O) groups is 1. The second-order valence-corrected chi connectivity index (χ2v) is 5.66. The zero-order valence-electron chi connectivity index (χ0n) is 13.0. The molecule has 21 heavy (non-hydrogen) atoms. The first-order valence-electron chi connectivity index (χ1n) is 8.17. The molecule has 0 aliphatic carbocycles. The number of aromatic hydroxyl groups is 1. The average Bonchev–Trinajstić information content (AvgIpc) is 2.48. The molecule has 118 valence electrons.